The first kappa shape index (κ1) is 11.6. The van der Waals surface area contributed by atoms with Crippen molar-refractivity contribution in [2.75, 3.05) is 5.32 Å². The first-order chi connectivity index (χ1) is 8.06. The maximum absolute atomic E-state index is 11.9. The molecule has 0 spiro atoms. The van der Waals surface area contributed by atoms with Crippen LogP contribution in [-0.2, 0) is 7.05 Å². The Hall–Kier alpha value is -1.88. The first-order valence-corrected chi connectivity index (χ1v) is 5.37. The standard InChI is InChI=1S/C11H11ClN4O/c1-7-5-8(6-9(12)14-7)11(17)15-10-3-4-13-16(10)2/h3-6H,1-2H3,(H,15,17). The third-order valence-electron chi connectivity index (χ3n) is 2.25. The predicted octanol–water partition coefficient (Wildman–Crippen LogP) is 2.03. The van der Waals surface area contributed by atoms with Crippen LogP contribution < -0.4 is 5.32 Å². The molecule has 0 bridgehead atoms. The van der Waals surface area contributed by atoms with Gasteiger partial charge in [-0.15, -0.1) is 0 Å². The number of hydrogen-bond donors (Lipinski definition) is 1. The number of halogens is 1. The minimum atomic E-state index is -0.235. The Balaban J connectivity index is 2.23. The fourth-order valence-electron chi connectivity index (χ4n) is 1.44. The Morgan fingerprint density at radius 2 is 2.24 bits per heavy atom. The second-order valence-corrected chi connectivity index (χ2v) is 4.00. The molecule has 17 heavy (non-hydrogen) atoms. The number of amides is 1. The van der Waals surface area contributed by atoms with E-state index in [2.05, 4.69) is 15.4 Å². The molecular formula is C11H11ClN4O. The van der Waals surface area contributed by atoms with E-state index in [1.54, 1.807) is 37.0 Å². The summed E-state index contributed by atoms with van der Waals surface area (Å²) in [6, 6.07) is 4.92. The lowest BCUT2D eigenvalue weighted by Gasteiger charge is -2.06. The summed E-state index contributed by atoms with van der Waals surface area (Å²) in [7, 11) is 1.75. The van der Waals surface area contributed by atoms with E-state index in [1.165, 1.54) is 6.07 Å². The molecular weight excluding hydrogens is 240 g/mol. The highest BCUT2D eigenvalue weighted by Gasteiger charge is 2.09. The van der Waals surface area contributed by atoms with E-state index in [4.69, 9.17) is 11.6 Å². The highest BCUT2D eigenvalue weighted by atomic mass is 35.5. The summed E-state index contributed by atoms with van der Waals surface area (Å²) >= 11 is 5.80. The first-order valence-electron chi connectivity index (χ1n) is 5.00. The Bertz CT molecular complexity index is 544. The van der Waals surface area contributed by atoms with Gasteiger partial charge in [-0.2, -0.15) is 5.10 Å². The molecule has 1 amide bonds. The maximum Gasteiger partial charge on any atom is 0.256 e. The number of rotatable bonds is 2. The molecule has 88 valence electrons. The maximum atomic E-state index is 11.9. The zero-order valence-corrected chi connectivity index (χ0v) is 10.2. The lowest BCUT2D eigenvalue weighted by Crippen LogP contribution is -2.15. The van der Waals surface area contributed by atoms with Crippen LogP contribution in [-0.4, -0.2) is 20.7 Å². The molecule has 0 aliphatic carbocycles. The fraction of sp³-hybridized carbons (Fsp3) is 0.182. The van der Waals surface area contributed by atoms with E-state index in [-0.39, 0.29) is 5.91 Å². The summed E-state index contributed by atoms with van der Waals surface area (Å²) in [5.74, 6) is 0.390. The largest absolute Gasteiger partial charge is 0.307 e. The van der Waals surface area contributed by atoms with Gasteiger partial charge in [-0.3, -0.25) is 9.48 Å². The van der Waals surface area contributed by atoms with Crippen molar-refractivity contribution in [3.8, 4) is 0 Å². The summed E-state index contributed by atoms with van der Waals surface area (Å²) < 4.78 is 1.58. The van der Waals surface area contributed by atoms with Gasteiger partial charge < -0.3 is 5.32 Å². The van der Waals surface area contributed by atoms with E-state index in [1.807, 2.05) is 0 Å². The number of carbonyl (C=O) groups is 1. The number of hydrogen-bond acceptors (Lipinski definition) is 3. The van der Waals surface area contributed by atoms with Crippen LogP contribution in [0.2, 0.25) is 5.15 Å². The highest BCUT2D eigenvalue weighted by molar-refractivity contribution is 6.29. The van der Waals surface area contributed by atoms with Crippen LogP contribution in [0.5, 0.6) is 0 Å². The Kier molecular flexibility index (Phi) is 3.10. The molecule has 2 rings (SSSR count). The molecule has 0 aliphatic rings. The van der Waals surface area contributed by atoms with E-state index in [0.29, 0.717) is 22.2 Å². The average molecular weight is 251 g/mol. The summed E-state index contributed by atoms with van der Waals surface area (Å²) in [6.07, 6.45) is 1.61. The van der Waals surface area contributed by atoms with Gasteiger partial charge in [-0.1, -0.05) is 11.6 Å². The summed E-state index contributed by atoms with van der Waals surface area (Å²) in [5, 5.41) is 7.00. The predicted molar refractivity (Wildman–Crippen MR) is 65.1 cm³/mol. The van der Waals surface area contributed by atoms with Gasteiger partial charge in [-0.05, 0) is 19.1 Å². The number of nitrogens with zero attached hydrogens (tertiary/aromatic N) is 3. The molecule has 0 saturated carbocycles. The summed E-state index contributed by atoms with van der Waals surface area (Å²) in [6.45, 7) is 1.78. The van der Waals surface area contributed by atoms with Crippen molar-refractivity contribution in [1.29, 1.82) is 0 Å². The summed E-state index contributed by atoms with van der Waals surface area (Å²) in [4.78, 5) is 15.9. The van der Waals surface area contributed by atoms with Crippen LogP contribution in [0.4, 0.5) is 5.82 Å². The molecule has 0 unspecified atom stereocenters. The number of carbonyl (C=O) groups excluding carboxylic acids is 1. The van der Waals surface area contributed by atoms with Crippen molar-refractivity contribution < 1.29 is 4.79 Å². The van der Waals surface area contributed by atoms with E-state index >= 15 is 0 Å². The van der Waals surface area contributed by atoms with Crippen LogP contribution in [0.3, 0.4) is 0 Å². The Morgan fingerprint density at radius 1 is 1.47 bits per heavy atom. The molecule has 2 aromatic heterocycles. The molecule has 0 atom stereocenters. The van der Waals surface area contributed by atoms with Crippen molar-refractivity contribution in [3.05, 3.63) is 40.8 Å². The zero-order chi connectivity index (χ0) is 12.4. The van der Waals surface area contributed by atoms with Gasteiger partial charge in [0.2, 0.25) is 0 Å². The third-order valence-corrected chi connectivity index (χ3v) is 2.44. The van der Waals surface area contributed by atoms with Gasteiger partial charge in [0.05, 0.1) is 6.20 Å². The van der Waals surface area contributed by atoms with Crippen molar-refractivity contribution in [2.24, 2.45) is 7.05 Å². The quantitative estimate of drug-likeness (QED) is 0.830. The van der Waals surface area contributed by atoms with Crippen molar-refractivity contribution in [3.63, 3.8) is 0 Å². The molecule has 2 heterocycles. The van der Waals surface area contributed by atoms with E-state index < -0.39 is 0 Å². The SMILES string of the molecule is Cc1cc(C(=O)Nc2ccnn2C)cc(Cl)n1. The molecule has 5 nitrogen and oxygen atoms in total. The van der Waals surface area contributed by atoms with Gasteiger partial charge in [0.15, 0.2) is 0 Å². The Morgan fingerprint density at radius 3 is 2.82 bits per heavy atom. The minimum absolute atomic E-state index is 0.235. The monoisotopic (exact) mass is 250 g/mol. The van der Waals surface area contributed by atoms with E-state index in [9.17, 15) is 4.79 Å². The lowest BCUT2D eigenvalue weighted by molar-refractivity contribution is 0.102. The lowest BCUT2D eigenvalue weighted by atomic mass is 10.2. The van der Waals surface area contributed by atoms with Crippen LogP contribution in [0, 0.1) is 6.92 Å². The number of pyridine rings is 1. The molecule has 0 radical (unpaired) electrons. The number of nitrogens with one attached hydrogen (secondary N) is 1. The van der Waals surface area contributed by atoms with Gasteiger partial charge >= 0.3 is 0 Å². The second kappa shape index (κ2) is 4.55. The molecule has 0 aliphatic heterocycles. The Labute approximate surface area is 103 Å². The zero-order valence-electron chi connectivity index (χ0n) is 9.44. The molecule has 0 aromatic carbocycles. The third kappa shape index (κ3) is 2.62. The second-order valence-electron chi connectivity index (χ2n) is 3.61. The fourth-order valence-corrected chi connectivity index (χ4v) is 1.70. The highest BCUT2D eigenvalue weighted by Crippen LogP contribution is 2.12. The number of aryl methyl sites for hydroxylation is 2. The van der Waals surface area contributed by atoms with Crippen LogP contribution in [0.1, 0.15) is 16.1 Å². The topological polar surface area (TPSA) is 59.8 Å². The van der Waals surface area contributed by atoms with E-state index in [0.717, 1.165) is 0 Å². The van der Waals surface area contributed by atoms with Gasteiger partial charge in [-0.25, -0.2) is 4.98 Å². The van der Waals surface area contributed by atoms with Gasteiger partial charge in [0.1, 0.15) is 11.0 Å². The van der Waals surface area contributed by atoms with Gasteiger partial charge in [0.25, 0.3) is 5.91 Å². The molecule has 0 fully saturated rings. The van der Waals surface area contributed by atoms with Crippen LogP contribution in [0.15, 0.2) is 24.4 Å². The number of anilines is 1. The van der Waals surface area contributed by atoms with Gasteiger partial charge in [0, 0.05) is 24.4 Å². The molecule has 0 saturated heterocycles. The van der Waals surface area contributed by atoms with Crippen LogP contribution >= 0.6 is 11.6 Å². The number of aromatic nitrogens is 3. The van der Waals surface area contributed by atoms with Crippen molar-refractivity contribution in [1.82, 2.24) is 14.8 Å². The normalized spacial score (nSPS) is 10.3. The molecule has 1 N–H and O–H groups in total. The van der Waals surface area contributed by atoms with Crippen molar-refractivity contribution in [2.45, 2.75) is 6.92 Å². The molecule has 6 heteroatoms. The summed E-state index contributed by atoms with van der Waals surface area (Å²) in [5.41, 5.74) is 1.18. The average Bonchev–Trinajstić information content (AvgIpc) is 2.63. The smallest absolute Gasteiger partial charge is 0.256 e. The van der Waals surface area contributed by atoms with Crippen LogP contribution in [0.25, 0.3) is 0 Å². The molecule has 2 aromatic rings. The minimum Gasteiger partial charge on any atom is -0.307 e. The van der Waals surface area contributed by atoms with Crippen molar-refractivity contribution >= 4 is 23.3 Å².